The molecule has 2 heterocycles. The van der Waals surface area contributed by atoms with Crippen molar-refractivity contribution < 1.29 is 0 Å². The van der Waals surface area contributed by atoms with E-state index >= 15 is 0 Å². The predicted octanol–water partition coefficient (Wildman–Crippen LogP) is 1.01. The van der Waals surface area contributed by atoms with Crippen molar-refractivity contribution in [2.45, 2.75) is 17.9 Å². The number of rotatable bonds is 0. The van der Waals surface area contributed by atoms with Crippen LogP contribution in [0.4, 0.5) is 0 Å². The first-order chi connectivity index (χ1) is 4.79. The minimum Gasteiger partial charge on any atom is -0.301 e. The number of H-pyrrole nitrogens is 2. The molecule has 2 rings (SSSR count). The number of aromatic amines is 2. The predicted molar refractivity (Wildman–Crippen MR) is 41.1 cm³/mol. The molecule has 1 atom stereocenters. The van der Waals surface area contributed by atoms with E-state index in [2.05, 4.69) is 17.1 Å². The molecule has 1 unspecified atom stereocenters. The first-order valence-electron chi connectivity index (χ1n) is 3.20. The third-order valence-corrected chi connectivity index (χ3v) is 2.99. The van der Waals surface area contributed by atoms with Crippen LogP contribution in [0, 0.1) is 0 Å². The molecule has 0 aliphatic carbocycles. The zero-order valence-corrected chi connectivity index (χ0v) is 6.42. The van der Waals surface area contributed by atoms with E-state index in [0.717, 1.165) is 17.0 Å². The molecule has 0 fully saturated rings. The Bertz CT molecular complexity index is 301. The molecular formula is C6H8N2OS. The number of nitrogens with one attached hydrogen (secondary N) is 2. The molecule has 4 heteroatoms. The maximum Gasteiger partial charge on any atom is 0.268 e. The van der Waals surface area contributed by atoms with Gasteiger partial charge in [-0.3, -0.25) is 9.89 Å². The Hall–Kier alpha value is -0.640. The number of thioether (sulfide) groups is 1. The minimum atomic E-state index is 0.0480. The van der Waals surface area contributed by atoms with Crippen molar-refractivity contribution in [2.24, 2.45) is 0 Å². The Morgan fingerprint density at radius 3 is 3.10 bits per heavy atom. The quantitative estimate of drug-likeness (QED) is 0.589. The topological polar surface area (TPSA) is 48.6 Å². The van der Waals surface area contributed by atoms with Crippen LogP contribution in [0.25, 0.3) is 0 Å². The van der Waals surface area contributed by atoms with Crippen LogP contribution in [0.5, 0.6) is 0 Å². The highest BCUT2D eigenvalue weighted by Gasteiger charge is 2.23. The maximum atomic E-state index is 11.0. The first kappa shape index (κ1) is 6.09. The average molecular weight is 156 g/mol. The van der Waals surface area contributed by atoms with E-state index in [4.69, 9.17) is 0 Å². The smallest absolute Gasteiger partial charge is 0.268 e. The first-order valence-corrected chi connectivity index (χ1v) is 4.25. The number of hydrogen-bond acceptors (Lipinski definition) is 2. The van der Waals surface area contributed by atoms with Gasteiger partial charge < -0.3 is 5.10 Å². The Labute approximate surface area is 62.2 Å². The zero-order valence-electron chi connectivity index (χ0n) is 5.60. The molecule has 0 spiro atoms. The number of fused-ring (bicyclic) bond motifs is 1. The maximum absolute atomic E-state index is 11.0. The summed E-state index contributed by atoms with van der Waals surface area (Å²) in [6.07, 6.45) is 0. The van der Waals surface area contributed by atoms with E-state index in [1.807, 2.05) is 0 Å². The van der Waals surface area contributed by atoms with Gasteiger partial charge in [-0.2, -0.15) is 0 Å². The van der Waals surface area contributed by atoms with Gasteiger partial charge in [0.15, 0.2) is 0 Å². The molecule has 1 aliphatic heterocycles. The summed E-state index contributed by atoms with van der Waals surface area (Å²) in [4.78, 5) is 11.0. The van der Waals surface area contributed by atoms with E-state index in [1.165, 1.54) is 0 Å². The summed E-state index contributed by atoms with van der Waals surface area (Å²) in [5.74, 6) is 0.856. The van der Waals surface area contributed by atoms with Crippen LogP contribution in [0.15, 0.2) is 4.79 Å². The van der Waals surface area contributed by atoms with Gasteiger partial charge in [0.25, 0.3) is 5.56 Å². The van der Waals surface area contributed by atoms with Gasteiger partial charge >= 0.3 is 0 Å². The summed E-state index contributed by atoms with van der Waals surface area (Å²) in [5.41, 5.74) is 2.05. The van der Waals surface area contributed by atoms with Crippen molar-refractivity contribution in [3.63, 3.8) is 0 Å². The van der Waals surface area contributed by atoms with Crippen LogP contribution in [-0.4, -0.2) is 10.2 Å². The van der Waals surface area contributed by atoms with E-state index in [1.54, 1.807) is 11.8 Å². The molecular weight excluding hydrogens is 148 g/mol. The van der Waals surface area contributed by atoms with Crippen molar-refractivity contribution in [1.29, 1.82) is 0 Å². The van der Waals surface area contributed by atoms with E-state index in [-0.39, 0.29) is 5.56 Å². The monoisotopic (exact) mass is 156 g/mol. The van der Waals surface area contributed by atoms with Gasteiger partial charge in [0.1, 0.15) is 0 Å². The average Bonchev–Trinajstić information content (AvgIpc) is 2.41. The third-order valence-electron chi connectivity index (χ3n) is 1.79. The van der Waals surface area contributed by atoms with Crippen LogP contribution in [-0.2, 0) is 5.75 Å². The molecule has 0 radical (unpaired) electrons. The van der Waals surface area contributed by atoms with Gasteiger partial charge in [-0.15, -0.1) is 11.8 Å². The Balaban J connectivity index is 2.63. The number of aromatic nitrogens is 2. The largest absolute Gasteiger partial charge is 0.301 e. The van der Waals surface area contributed by atoms with Crippen molar-refractivity contribution in [2.75, 3.05) is 0 Å². The Morgan fingerprint density at radius 1 is 1.60 bits per heavy atom. The molecule has 1 aromatic rings. The van der Waals surface area contributed by atoms with Crippen molar-refractivity contribution in [3.8, 4) is 0 Å². The molecule has 54 valence electrons. The van der Waals surface area contributed by atoms with Gasteiger partial charge in [0.05, 0.1) is 11.3 Å². The second kappa shape index (κ2) is 1.92. The second-order valence-electron chi connectivity index (χ2n) is 2.42. The zero-order chi connectivity index (χ0) is 7.14. The highest BCUT2D eigenvalue weighted by Crippen LogP contribution is 2.37. The Morgan fingerprint density at radius 2 is 2.40 bits per heavy atom. The van der Waals surface area contributed by atoms with Crippen LogP contribution >= 0.6 is 11.8 Å². The van der Waals surface area contributed by atoms with Crippen molar-refractivity contribution >= 4 is 11.8 Å². The molecule has 10 heavy (non-hydrogen) atoms. The third kappa shape index (κ3) is 0.653. The van der Waals surface area contributed by atoms with Gasteiger partial charge in [-0.05, 0) is 6.92 Å². The highest BCUT2D eigenvalue weighted by molar-refractivity contribution is 7.99. The van der Waals surface area contributed by atoms with Crippen LogP contribution in [0.3, 0.4) is 0 Å². The van der Waals surface area contributed by atoms with E-state index in [9.17, 15) is 4.79 Å². The molecule has 0 saturated heterocycles. The van der Waals surface area contributed by atoms with E-state index < -0.39 is 0 Å². The highest BCUT2D eigenvalue weighted by atomic mass is 32.2. The molecule has 2 N–H and O–H groups in total. The lowest BCUT2D eigenvalue weighted by atomic mass is 10.2. The Kier molecular flexibility index (Phi) is 1.17. The summed E-state index contributed by atoms with van der Waals surface area (Å²) < 4.78 is 0. The molecule has 0 amide bonds. The lowest BCUT2D eigenvalue weighted by Crippen LogP contribution is -2.02. The molecule has 1 aromatic heterocycles. The second-order valence-corrected chi connectivity index (χ2v) is 3.75. The standard InChI is InChI=1S/C6H8N2OS/c1-3-5-4(2-10-3)6(9)8-7-5/h3H,2H2,1H3,(H2,7,8,9). The summed E-state index contributed by atoms with van der Waals surface area (Å²) >= 11 is 1.80. The molecule has 0 bridgehead atoms. The van der Waals surface area contributed by atoms with Gasteiger partial charge in [0, 0.05) is 11.0 Å². The molecule has 3 nitrogen and oxygen atoms in total. The lowest BCUT2D eigenvalue weighted by Gasteiger charge is -1.95. The lowest BCUT2D eigenvalue weighted by molar-refractivity contribution is 0.954. The molecule has 0 saturated carbocycles. The number of hydrogen-bond donors (Lipinski definition) is 2. The minimum absolute atomic E-state index is 0.0480. The molecule has 1 aliphatic rings. The van der Waals surface area contributed by atoms with Gasteiger partial charge in [0.2, 0.25) is 0 Å². The fraction of sp³-hybridized carbons (Fsp3) is 0.500. The van der Waals surface area contributed by atoms with Crippen LogP contribution < -0.4 is 5.56 Å². The van der Waals surface area contributed by atoms with Gasteiger partial charge in [-0.1, -0.05) is 0 Å². The summed E-state index contributed by atoms with van der Waals surface area (Å²) in [6, 6.07) is 0. The van der Waals surface area contributed by atoms with Crippen LogP contribution in [0.2, 0.25) is 0 Å². The fourth-order valence-electron chi connectivity index (χ4n) is 1.18. The summed E-state index contributed by atoms with van der Waals surface area (Å²) in [6.45, 7) is 2.10. The SMILES string of the molecule is CC1SCc2c1[nH][nH]c2=O. The summed E-state index contributed by atoms with van der Waals surface area (Å²) in [5, 5.41) is 5.91. The summed E-state index contributed by atoms with van der Waals surface area (Å²) in [7, 11) is 0. The fourth-order valence-corrected chi connectivity index (χ4v) is 2.25. The van der Waals surface area contributed by atoms with Gasteiger partial charge in [-0.25, -0.2) is 0 Å². The van der Waals surface area contributed by atoms with Crippen molar-refractivity contribution in [1.82, 2.24) is 10.2 Å². The molecule has 0 aromatic carbocycles. The van der Waals surface area contributed by atoms with Crippen molar-refractivity contribution in [3.05, 3.63) is 21.6 Å². The van der Waals surface area contributed by atoms with E-state index in [0.29, 0.717) is 5.25 Å². The van der Waals surface area contributed by atoms with Crippen LogP contribution in [0.1, 0.15) is 23.4 Å². The normalized spacial score (nSPS) is 23.1.